The number of piperidine rings is 1. The van der Waals surface area contributed by atoms with Crippen LogP contribution in [0.25, 0.3) is 0 Å². The number of aryl methyl sites for hydroxylation is 1. The fourth-order valence-electron chi connectivity index (χ4n) is 5.22. The van der Waals surface area contributed by atoms with Crippen molar-refractivity contribution in [2.24, 2.45) is 7.05 Å². The van der Waals surface area contributed by atoms with E-state index in [1.54, 1.807) is 32.3 Å². The highest BCUT2D eigenvalue weighted by Crippen LogP contribution is 2.40. The molecule has 0 saturated carbocycles. The van der Waals surface area contributed by atoms with Gasteiger partial charge in [0.2, 0.25) is 0 Å². The molecule has 11 nitrogen and oxygen atoms in total. The van der Waals surface area contributed by atoms with Crippen molar-refractivity contribution in [1.82, 2.24) is 19.8 Å². The lowest BCUT2D eigenvalue weighted by molar-refractivity contribution is -0.384. The Bertz CT molecular complexity index is 1290. The standard InChI is InChI=1S/C27H33N5O6/c1-17-22(26(33)37-4)24(19-9-8-10-20(15-19)32(35)36)23(18(2)29-17)27(34)38-21(25-28-11-14-30(25)3)16-31-12-6-5-7-13-31/h8-11,14-15,21,24,29H,5-7,12-13,16H2,1-4H3. The van der Waals surface area contributed by atoms with Crippen molar-refractivity contribution in [3.8, 4) is 0 Å². The van der Waals surface area contributed by atoms with Gasteiger partial charge in [0.1, 0.15) is 0 Å². The van der Waals surface area contributed by atoms with E-state index in [-0.39, 0.29) is 16.8 Å². The van der Waals surface area contributed by atoms with E-state index in [1.807, 2.05) is 11.6 Å². The third kappa shape index (κ3) is 5.62. The lowest BCUT2D eigenvalue weighted by Crippen LogP contribution is -2.37. The Kier molecular flexibility index (Phi) is 8.26. The quantitative estimate of drug-likeness (QED) is 0.314. The Balaban J connectivity index is 1.74. The monoisotopic (exact) mass is 523 g/mol. The van der Waals surface area contributed by atoms with Gasteiger partial charge in [-0.2, -0.15) is 0 Å². The van der Waals surface area contributed by atoms with Crippen LogP contribution in [0, 0.1) is 10.1 Å². The van der Waals surface area contributed by atoms with Gasteiger partial charge in [0.15, 0.2) is 11.9 Å². The number of non-ortho nitro benzene ring substituents is 1. The van der Waals surface area contributed by atoms with Crippen LogP contribution in [-0.4, -0.2) is 58.1 Å². The number of allylic oxidation sites excluding steroid dienone is 2. The molecule has 1 aromatic heterocycles. The number of carbonyl (C=O) groups excluding carboxylic acids is 2. The molecular formula is C27H33N5O6. The third-order valence-corrected chi connectivity index (χ3v) is 7.07. The first kappa shape index (κ1) is 27.1. The second-order valence-corrected chi connectivity index (χ2v) is 9.63. The van der Waals surface area contributed by atoms with Crippen LogP contribution < -0.4 is 5.32 Å². The van der Waals surface area contributed by atoms with E-state index in [9.17, 15) is 19.7 Å². The summed E-state index contributed by atoms with van der Waals surface area (Å²) in [5.41, 5.74) is 1.63. The number of nitrogens with one attached hydrogen (secondary N) is 1. The van der Waals surface area contributed by atoms with Crippen LogP contribution in [0.15, 0.2) is 59.2 Å². The zero-order chi connectivity index (χ0) is 27.4. The second kappa shape index (κ2) is 11.6. The van der Waals surface area contributed by atoms with Gasteiger partial charge in [0.25, 0.3) is 5.69 Å². The molecule has 1 aromatic carbocycles. The smallest absolute Gasteiger partial charge is 0.337 e. The van der Waals surface area contributed by atoms with Gasteiger partial charge in [-0.1, -0.05) is 18.6 Å². The predicted octanol–water partition coefficient (Wildman–Crippen LogP) is 3.51. The molecule has 2 atom stereocenters. The molecule has 202 valence electrons. The van der Waals surface area contributed by atoms with Crippen molar-refractivity contribution in [2.75, 3.05) is 26.7 Å². The number of imidazole rings is 1. The zero-order valence-electron chi connectivity index (χ0n) is 22.1. The minimum atomic E-state index is -0.923. The van der Waals surface area contributed by atoms with Gasteiger partial charge in [0.05, 0.1) is 29.1 Å². The number of hydrogen-bond donors (Lipinski definition) is 1. The number of methoxy groups -OCH3 is 1. The number of nitro benzene ring substituents is 1. The molecule has 0 radical (unpaired) electrons. The highest BCUT2D eigenvalue weighted by Gasteiger charge is 2.39. The average Bonchev–Trinajstić information content (AvgIpc) is 3.33. The van der Waals surface area contributed by atoms with E-state index in [0.717, 1.165) is 25.9 Å². The normalized spacial score (nSPS) is 19.1. The van der Waals surface area contributed by atoms with Crippen LogP contribution in [0.5, 0.6) is 0 Å². The molecule has 2 aliphatic heterocycles. The molecule has 0 aliphatic carbocycles. The maximum Gasteiger partial charge on any atom is 0.337 e. The molecule has 0 amide bonds. The van der Waals surface area contributed by atoms with Gasteiger partial charge in [-0.15, -0.1) is 0 Å². The van der Waals surface area contributed by atoms with Crippen LogP contribution in [0.4, 0.5) is 5.69 Å². The summed E-state index contributed by atoms with van der Waals surface area (Å²) in [5, 5.41) is 14.6. The first-order valence-electron chi connectivity index (χ1n) is 12.6. The van der Waals surface area contributed by atoms with Gasteiger partial charge in [0, 0.05) is 49.5 Å². The van der Waals surface area contributed by atoms with Gasteiger partial charge in [-0.3, -0.25) is 15.0 Å². The summed E-state index contributed by atoms with van der Waals surface area (Å²) in [6.07, 6.45) is 6.14. The first-order chi connectivity index (χ1) is 18.2. The van der Waals surface area contributed by atoms with Crippen molar-refractivity contribution < 1.29 is 24.0 Å². The summed E-state index contributed by atoms with van der Waals surface area (Å²) in [4.78, 5) is 44.6. The van der Waals surface area contributed by atoms with E-state index in [2.05, 4.69) is 15.2 Å². The maximum atomic E-state index is 13.9. The Labute approximate surface area is 221 Å². The SMILES string of the molecule is COC(=O)C1=C(C)NC(C)=C(C(=O)OC(CN2CCCCC2)c2nccn2C)C1c1cccc([N+](=O)[O-])c1. The molecule has 1 fully saturated rings. The lowest BCUT2D eigenvalue weighted by atomic mass is 9.80. The van der Waals surface area contributed by atoms with Crippen molar-refractivity contribution in [2.45, 2.75) is 45.1 Å². The van der Waals surface area contributed by atoms with Gasteiger partial charge >= 0.3 is 11.9 Å². The number of esters is 2. The molecule has 2 unspecified atom stereocenters. The molecule has 3 heterocycles. The molecule has 1 saturated heterocycles. The van der Waals surface area contributed by atoms with Crippen LogP contribution in [0.2, 0.25) is 0 Å². The summed E-state index contributed by atoms with van der Waals surface area (Å²) in [7, 11) is 3.10. The molecule has 1 N–H and O–H groups in total. The number of aromatic nitrogens is 2. The Hall–Kier alpha value is -3.99. The number of nitro groups is 1. The molecule has 2 aliphatic rings. The number of benzene rings is 1. The fourth-order valence-corrected chi connectivity index (χ4v) is 5.22. The largest absolute Gasteiger partial charge is 0.466 e. The van der Waals surface area contributed by atoms with Crippen LogP contribution in [0.1, 0.15) is 56.5 Å². The minimum absolute atomic E-state index is 0.149. The van der Waals surface area contributed by atoms with Crippen LogP contribution >= 0.6 is 0 Å². The number of rotatable bonds is 8. The molecule has 4 rings (SSSR count). The predicted molar refractivity (Wildman–Crippen MR) is 139 cm³/mol. The average molecular weight is 524 g/mol. The van der Waals surface area contributed by atoms with Crippen molar-refractivity contribution in [3.05, 3.63) is 80.7 Å². The zero-order valence-corrected chi connectivity index (χ0v) is 22.1. The van der Waals surface area contributed by atoms with E-state index in [1.165, 1.54) is 31.7 Å². The molecule has 0 spiro atoms. The number of likely N-dealkylation sites (tertiary alicyclic amines) is 1. The Morgan fingerprint density at radius 2 is 1.84 bits per heavy atom. The highest BCUT2D eigenvalue weighted by molar-refractivity contribution is 6.00. The minimum Gasteiger partial charge on any atom is -0.466 e. The Morgan fingerprint density at radius 1 is 1.16 bits per heavy atom. The molecule has 0 bridgehead atoms. The summed E-state index contributed by atoms with van der Waals surface area (Å²) in [5.74, 6) is -1.59. The first-order valence-corrected chi connectivity index (χ1v) is 12.6. The van der Waals surface area contributed by atoms with Gasteiger partial charge < -0.3 is 19.4 Å². The third-order valence-electron chi connectivity index (χ3n) is 7.07. The number of nitrogens with zero attached hydrogens (tertiary/aromatic N) is 4. The summed E-state index contributed by atoms with van der Waals surface area (Å²) < 4.78 is 13.0. The van der Waals surface area contributed by atoms with Crippen molar-refractivity contribution in [3.63, 3.8) is 0 Å². The van der Waals surface area contributed by atoms with E-state index >= 15 is 0 Å². The highest BCUT2D eigenvalue weighted by atomic mass is 16.6. The molecule has 2 aromatic rings. The topological polar surface area (TPSA) is 129 Å². The Morgan fingerprint density at radius 3 is 2.45 bits per heavy atom. The number of hydrogen-bond acceptors (Lipinski definition) is 9. The summed E-state index contributed by atoms with van der Waals surface area (Å²) >= 11 is 0. The lowest BCUT2D eigenvalue weighted by Gasteiger charge is -2.33. The van der Waals surface area contributed by atoms with E-state index in [4.69, 9.17) is 9.47 Å². The number of dihydropyridines is 1. The van der Waals surface area contributed by atoms with Crippen molar-refractivity contribution >= 4 is 17.6 Å². The number of carbonyl (C=O) groups is 2. The summed E-state index contributed by atoms with van der Waals surface area (Å²) in [6.45, 7) is 5.73. The van der Waals surface area contributed by atoms with Gasteiger partial charge in [-0.05, 0) is 45.3 Å². The molecule has 11 heteroatoms. The van der Waals surface area contributed by atoms with E-state index < -0.39 is 28.9 Å². The second-order valence-electron chi connectivity index (χ2n) is 9.63. The van der Waals surface area contributed by atoms with Crippen molar-refractivity contribution in [1.29, 1.82) is 0 Å². The van der Waals surface area contributed by atoms with Crippen LogP contribution in [-0.2, 0) is 26.1 Å². The summed E-state index contributed by atoms with van der Waals surface area (Å²) in [6, 6.07) is 5.93. The fraction of sp³-hybridized carbons (Fsp3) is 0.444. The molecule has 38 heavy (non-hydrogen) atoms. The number of ether oxygens (including phenoxy) is 2. The molecular weight excluding hydrogens is 490 g/mol. The van der Waals surface area contributed by atoms with Gasteiger partial charge in [-0.25, -0.2) is 14.6 Å². The van der Waals surface area contributed by atoms with E-state index in [0.29, 0.717) is 29.3 Å². The maximum absolute atomic E-state index is 13.9. The van der Waals surface area contributed by atoms with Crippen LogP contribution in [0.3, 0.4) is 0 Å².